The minimum absolute atomic E-state index is 0.0192. The summed E-state index contributed by atoms with van der Waals surface area (Å²) >= 11 is 1.23. The number of hydrogen-bond acceptors (Lipinski definition) is 5. The molecule has 0 aliphatic carbocycles. The summed E-state index contributed by atoms with van der Waals surface area (Å²) in [5.74, 6) is -0.893. The highest BCUT2D eigenvalue weighted by Gasteiger charge is 2.16. The summed E-state index contributed by atoms with van der Waals surface area (Å²) in [7, 11) is 1.70. The fourth-order valence-electron chi connectivity index (χ4n) is 1.97. The Morgan fingerprint density at radius 1 is 1.23 bits per heavy atom. The van der Waals surface area contributed by atoms with E-state index >= 15 is 0 Å². The van der Waals surface area contributed by atoms with Gasteiger partial charge < -0.3 is 16.0 Å². The number of anilines is 1. The van der Waals surface area contributed by atoms with E-state index in [4.69, 9.17) is 5.73 Å². The van der Waals surface area contributed by atoms with E-state index in [1.165, 1.54) is 11.3 Å². The Morgan fingerprint density at radius 3 is 2.41 bits per heavy atom. The zero-order valence-electron chi connectivity index (χ0n) is 13.1. The van der Waals surface area contributed by atoms with Gasteiger partial charge in [-0.15, -0.1) is 11.3 Å². The van der Waals surface area contributed by atoms with Crippen molar-refractivity contribution in [2.45, 2.75) is 13.8 Å². The maximum Gasteiger partial charge on any atom is 0.251 e. The third-order valence-corrected chi connectivity index (χ3v) is 3.95. The van der Waals surface area contributed by atoms with Crippen LogP contribution in [0.1, 0.15) is 24.2 Å². The number of nitrogens with two attached hydrogens (primary N) is 1. The van der Waals surface area contributed by atoms with Crippen LogP contribution in [-0.2, 0) is 9.59 Å². The smallest absolute Gasteiger partial charge is 0.251 e. The monoisotopic (exact) mass is 326 g/mol. The Kier molecular flexibility index (Phi) is 7.00. The van der Waals surface area contributed by atoms with E-state index in [0.29, 0.717) is 23.7 Å². The zero-order chi connectivity index (χ0) is 16.7. The number of nitrogens with zero attached hydrogens (tertiary/aromatic N) is 2. The van der Waals surface area contributed by atoms with Gasteiger partial charge in [0.15, 0.2) is 0 Å². The minimum Gasteiger partial charge on any atom is -0.366 e. The average Bonchev–Trinajstić information content (AvgIpc) is 2.87. The third kappa shape index (κ3) is 5.12. The molecule has 1 heterocycles. The zero-order valence-corrected chi connectivity index (χ0v) is 13.9. The summed E-state index contributed by atoms with van der Waals surface area (Å²) in [6.07, 6.45) is 0. The minimum atomic E-state index is -0.582. The summed E-state index contributed by atoms with van der Waals surface area (Å²) in [6, 6.07) is 1.57. The molecular weight excluding hydrogens is 304 g/mol. The number of likely N-dealkylation sites (N-methyl/N-ethyl adjacent to an activating group) is 2. The molecule has 1 aromatic rings. The molecule has 0 saturated carbocycles. The average molecular weight is 326 g/mol. The molecule has 122 valence electrons. The molecule has 1 rings (SSSR count). The lowest BCUT2D eigenvalue weighted by atomic mass is 10.3. The van der Waals surface area contributed by atoms with Gasteiger partial charge in [0.05, 0.1) is 18.7 Å². The van der Waals surface area contributed by atoms with Crippen molar-refractivity contribution in [3.05, 3.63) is 17.0 Å². The van der Waals surface area contributed by atoms with Crippen molar-refractivity contribution in [1.82, 2.24) is 9.80 Å². The summed E-state index contributed by atoms with van der Waals surface area (Å²) in [5.41, 5.74) is 5.51. The van der Waals surface area contributed by atoms with E-state index < -0.39 is 5.91 Å². The Bertz CT molecular complexity index is 540. The number of nitrogens with one attached hydrogen (secondary N) is 1. The lowest BCUT2D eigenvalue weighted by molar-refractivity contribution is -0.132. The van der Waals surface area contributed by atoms with Gasteiger partial charge in [0.1, 0.15) is 5.00 Å². The number of amides is 3. The number of hydrogen-bond donors (Lipinski definition) is 2. The maximum atomic E-state index is 12.0. The van der Waals surface area contributed by atoms with Crippen LogP contribution in [0.5, 0.6) is 0 Å². The van der Waals surface area contributed by atoms with Crippen molar-refractivity contribution >= 4 is 34.1 Å². The van der Waals surface area contributed by atoms with Crippen LogP contribution in [-0.4, -0.2) is 60.7 Å². The predicted octanol–water partition coefficient (Wildman–Crippen LogP) is 0.586. The fourth-order valence-corrected chi connectivity index (χ4v) is 2.78. The first-order valence-corrected chi connectivity index (χ1v) is 7.90. The molecular formula is C14H22N4O3S. The standard InChI is InChI=1S/C14H22N4O3S/c1-4-18(5-2)12(20)9-17(3)8-11(19)16-14-10(13(15)21)6-7-22-14/h6-7H,4-5,8-9H2,1-3H3,(H2,15,21)(H,16,19). The Labute approximate surface area is 134 Å². The summed E-state index contributed by atoms with van der Waals surface area (Å²) < 4.78 is 0. The van der Waals surface area contributed by atoms with Crippen LogP contribution in [0.4, 0.5) is 5.00 Å². The largest absolute Gasteiger partial charge is 0.366 e. The molecule has 22 heavy (non-hydrogen) atoms. The molecule has 7 nitrogen and oxygen atoms in total. The van der Waals surface area contributed by atoms with Crippen LogP contribution in [0.3, 0.4) is 0 Å². The molecule has 0 bridgehead atoms. The Hall–Kier alpha value is -1.93. The lowest BCUT2D eigenvalue weighted by Crippen LogP contribution is -2.41. The van der Waals surface area contributed by atoms with E-state index in [2.05, 4.69) is 5.32 Å². The van der Waals surface area contributed by atoms with Gasteiger partial charge >= 0.3 is 0 Å². The van der Waals surface area contributed by atoms with Gasteiger partial charge in [-0.2, -0.15) is 0 Å². The van der Waals surface area contributed by atoms with E-state index in [9.17, 15) is 14.4 Å². The number of carbonyl (C=O) groups is 3. The van der Waals surface area contributed by atoms with E-state index in [1.54, 1.807) is 28.3 Å². The van der Waals surface area contributed by atoms with E-state index in [1.807, 2.05) is 13.8 Å². The van der Waals surface area contributed by atoms with Crippen molar-refractivity contribution in [2.75, 3.05) is 38.5 Å². The summed E-state index contributed by atoms with van der Waals surface area (Å²) in [4.78, 5) is 38.4. The first-order chi connectivity index (χ1) is 10.4. The molecule has 3 N–H and O–H groups in total. The fraction of sp³-hybridized carbons (Fsp3) is 0.500. The van der Waals surface area contributed by atoms with Crippen molar-refractivity contribution in [2.24, 2.45) is 5.73 Å². The Balaban J connectivity index is 2.52. The molecule has 0 atom stereocenters. The summed E-state index contributed by atoms with van der Waals surface area (Å²) in [5, 5.41) is 4.76. The number of primary amides is 1. The summed E-state index contributed by atoms with van der Waals surface area (Å²) in [6.45, 7) is 5.34. The molecule has 0 unspecified atom stereocenters. The van der Waals surface area contributed by atoms with Gasteiger partial charge in [-0.1, -0.05) is 0 Å². The Morgan fingerprint density at radius 2 is 1.86 bits per heavy atom. The van der Waals surface area contributed by atoms with E-state index in [0.717, 1.165) is 0 Å². The predicted molar refractivity (Wildman–Crippen MR) is 86.9 cm³/mol. The van der Waals surface area contributed by atoms with Gasteiger partial charge in [-0.05, 0) is 32.3 Å². The van der Waals surface area contributed by atoms with Crippen molar-refractivity contribution in [3.8, 4) is 0 Å². The SMILES string of the molecule is CCN(CC)C(=O)CN(C)CC(=O)Nc1sccc1C(N)=O. The van der Waals surface area contributed by atoms with Crippen molar-refractivity contribution < 1.29 is 14.4 Å². The number of rotatable bonds is 8. The van der Waals surface area contributed by atoms with E-state index in [-0.39, 0.29) is 24.9 Å². The first-order valence-electron chi connectivity index (χ1n) is 7.02. The van der Waals surface area contributed by atoms with Crippen LogP contribution >= 0.6 is 11.3 Å². The number of thiophene rings is 1. The molecule has 0 aromatic carbocycles. The highest BCUT2D eigenvalue weighted by Crippen LogP contribution is 2.22. The van der Waals surface area contributed by atoms with Gasteiger partial charge in [0, 0.05) is 13.1 Å². The second kappa shape index (κ2) is 8.50. The molecule has 3 amide bonds. The molecule has 0 aliphatic heterocycles. The molecule has 0 aliphatic rings. The first kappa shape index (κ1) is 18.1. The quantitative estimate of drug-likeness (QED) is 0.730. The van der Waals surface area contributed by atoms with Crippen LogP contribution in [0.2, 0.25) is 0 Å². The normalized spacial score (nSPS) is 10.5. The van der Waals surface area contributed by atoms with Crippen LogP contribution < -0.4 is 11.1 Å². The van der Waals surface area contributed by atoms with Gasteiger partial charge in [0.2, 0.25) is 11.8 Å². The van der Waals surface area contributed by atoms with Crippen molar-refractivity contribution in [1.29, 1.82) is 0 Å². The lowest BCUT2D eigenvalue weighted by Gasteiger charge is -2.22. The highest BCUT2D eigenvalue weighted by molar-refractivity contribution is 7.14. The van der Waals surface area contributed by atoms with Crippen LogP contribution in [0.15, 0.2) is 11.4 Å². The van der Waals surface area contributed by atoms with Gasteiger partial charge in [0.25, 0.3) is 5.91 Å². The second-order valence-electron chi connectivity index (χ2n) is 4.81. The highest BCUT2D eigenvalue weighted by atomic mass is 32.1. The van der Waals surface area contributed by atoms with Crippen LogP contribution in [0, 0.1) is 0 Å². The van der Waals surface area contributed by atoms with Gasteiger partial charge in [-0.3, -0.25) is 19.3 Å². The third-order valence-electron chi connectivity index (χ3n) is 3.12. The molecule has 1 aromatic heterocycles. The molecule has 8 heteroatoms. The topological polar surface area (TPSA) is 95.7 Å². The molecule has 0 radical (unpaired) electrons. The number of carbonyl (C=O) groups excluding carboxylic acids is 3. The maximum absolute atomic E-state index is 12.0. The molecule has 0 spiro atoms. The molecule has 0 fully saturated rings. The van der Waals surface area contributed by atoms with Gasteiger partial charge in [-0.25, -0.2) is 0 Å². The van der Waals surface area contributed by atoms with Crippen molar-refractivity contribution in [3.63, 3.8) is 0 Å². The van der Waals surface area contributed by atoms with Crippen LogP contribution in [0.25, 0.3) is 0 Å². The molecule has 0 saturated heterocycles. The second-order valence-corrected chi connectivity index (χ2v) is 5.73.